The van der Waals surface area contributed by atoms with Crippen LogP contribution in [0.3, 0.4) is 0 Å². The van der Waals surface area contributed by atoms with Crippen LogP contribution in [0, 0.1) is 0 Å². The van der Waals surface area contributed by atoms with E-state index >= 15 is 0 Å². The van der Waals surface area contributed by atoms with Crippen molar-refractivity contribution < 1.29 is 19.3 Å². The van der Waals surface area contributed by atoms with E-state index in [1.54, 1.807) is 12.1 Å². The summed E-state index contributed by atoms with van der Waals surface area (Å²) < 4.78 is 5.59. The van der Waals surface area contributed by atoms with Gasteiger partial charge in [-0.2, -0.15) is 0 Å². The highest BCUT2D eigenvalue weighted by Crippen LogP contribution is 2.30. The van der Waals surface area contributed by atoms with Crippen molar-refractivity contribution in [2.24, 2.45) is 0 Å². The Balaban J connectivity index is 1.51. The van der Waals surface area contributed by atoms with Crippen LogP contribution in [0.15, 0.2) is 36.4 Å². The second-order valence-electron chi connectivity index (χ2n) is 7.61. The number of para-hydroxylation sites is 1. The molecular weight excluding hydrogens is 355 g/mol. The molecule has 7 heteroatoms. The molecule has 2 heterocycles. The molecule has 2 aromatic rings. The molecule has 0 spiro atoms. The summed E-state index contributed by atoms with van der Waals surface area (Å²) in [7, 11) is 0.881. The van der Waals surface area contributed by atoms with Crippen LogP contribution in [0.2, 0.25) is 0 Å². The number of Topliss-reactive ketones (excluding diaryl/α,β-unsaturated/α-hetero) is 1. The molecule has 0 bridgehead atoms. The number of likely N-dealkylation sites (N-methyl/N-ethyl adjacent to an activating group) is 1. The Morgan fingerprint density at radius 1 is 1.21 bits per heavy atom. The number of nitrogens with zero attached hydrogens (tertiary/aromatic N) is 1. The average Bonchev–Trinajstić information content (AvgIpc) is 2.67. The van der Waals surface area contributed by atoms with Gasteiger partial charge in [0, 0.05) is 18.7 Å². The van der Waals surface area contributed by atoms with Crippen LogP contribution in [0.1, 0.15) is 44.3 Å². The first-order valence-electron chi connectivity index (χ1n) is 9.51. The van der Waals surface area contributed by atoms with E-state index < -0.39 is 13.1 Å². The lowest BCUT2D eigenvalue weighted by molar-refractivity contribution is 0.0938. The van der Waals surface area contributed by atoms with Crippen LogP contribution in [-0.2, 0) is 19.4 Å². The van der Waals surface area contributed by atoms with Crippen molar-refractivity contribution in [1.29, 1.82) is 0 Å². The maximum absolute atomic E-state index is 12.8. The topological polar surface area (TPSA) is 78.9 Å². The van der Waals surface area contributed by atoms with Gasteiger partial charge in [0.2, 0.25) is 0 Å². The van der Waals surface area contributed by atoms with E-state index in [0.717, 1.165) is 25.1 Å². The first kappa shape index (κ1) is 18.7. The molecule has 28 heavy (non-hydrogen) atoms. The van der Waals surface area contributed by atoms with E-state index in [2.05, 4.69) is 17.3 Å². The number of rotatable bonds is 3. The Hall–Kier alpha value is -2.64. The second-order valence-corrected chi connectivity index (χ2v) is 7.61. The Bertz CT molecular complexity index is 946. The summed E-state index contributed by atoms with van der Waals surface area (Å²) in [6, 6.07) is 11.1. The molecule has 1 amide bonds. The molecule has 0 saturated heterocycles. The molecule has 144 valence electrons. The highest BCUT2D eigenvalue weighted by molar-refractivity contribution is 6.47. The van der Waals surface area contributed by atoms with Crippen LogP contribution in [-0.4, -0.2) is 48.3 Å². The Morgan fingerprint density at radius 3 is 2.82 bits per heavy atom. The van der Waals surface area contributed by atoms with Gasteiger partial charge in [-0.25, -0.2) is 0 Å². The fourth-order valence-corrected chi connectivity index (χ4v) is 3.91. The van der Waals surface area contributed by atoms with E-state index in [1.807, 2.05) is 24.3 Å². The summed E-state index contributed by atoms with van der Waals surface area (Å²) in [6.07, 6.45) is 1.32. The van der Waals surface area contributed by atoms with Crippen molar-refractivity contribution in [3.63, 3.8) is 0 Å². The number of hydrogen-bond acceptors (Lipinski definition) is 5. The second kappa shape index (κ2) is 7.41. The van der Waals surface area contributed by atoms with Gasteiger partial charge in [-0.1, -0.05) is 18.2 Å². The van der Waals surface area contributed by atoms with E-state index in [4.69, 9.17) is 4.65 Å². The van der Waals surface area contributed by atoms with Crippen LogP contribution >= 0.6 is 0 Å². The average molecular weight is 378 g/mol. The number of ketones is 1. The number of fused-ring (bicyclic) bond motifs is 2. The predicted molar refractivity (Wildman–Crippen MR) is 106 cm³/mol. The quantitative estimate of drug-likeness (QED) is 0.627. The molecule has 0 radical (unpaired) electrons. The largest absolute Gasteiger partial charge is 0.547 e. The Kier molecular flexibility index (Phi) is 4.95. The number of carbonyl (C=O) groups is 2. The molecule has 0 saturated carbocycles. The SMILES string of the molecule is CC(=O)c1cccc2c1OB(O)[C@@H](NC(=O)c1ccc3c(c1)CCN(C)C3)C2. The van der Waals surface area contributed by atoms with Crippen molar-refractivity contribution in [3.05, 3.63) is 64.2 Å². The smallest absolute Gasteiger partial charge is 0.534 e. The molecule has 1 atom stereocenters. The molecule has 2 aliphatic heterocycles. The van der Waals surface area contributed by atoms with Crippen molar-refractivity contribution in [2.45, 2.75) is 32.3 Å². The summed E-state index contributed by atoms with van der Waals surface area (Å²) >= 11 is 0. The number of carbonyl (C=O) groups excluding carboxylic acids is 2. The zero-order valence-electron chi connectivity index (χ0n) is 16.1. The normalized spacial score (nSPS) is 18.7. The minimum atomic E-state index is -1.21. The minimum absolute atomic E-state index is 0.119. The third kappa shape index (κ3) is 3.55. The van der Waals surface area contributed by atoms with Crippen LogP contribution in [0.25, 0.3) is 0 Å². The van der Waals surface area contributed by atoms with Gasteiger partial charge >= 0.3 is 7.12 Å². The summed E-state index contributed by atoms with van der Waals surface area (Å²) in [5, 5.41) is 13.3. The highest BCUT2D eigenvalue weighted by atomic mass is 16.5. The maximum atomic E-state index is 12.8. The lowest BCUT2D eigenvalue weighted by atomic mass is 9.72. The zero-order valence-corrected chi connectivity index (χ0v) is 16.1. The molecule has 2 aliphatic rings. The van der Waals surface area contributed by atoms with Gasteiger partial charge in [-0.3, -0.25) is 9.59 Å². The lowest BCUT2D eigenvalue weighted by Crippen LogP contribution is -2.53. The molecular formula is C21H23BN2O4. The summed E-state index contributed by atoms with van der Waals surface area (Å²) in [6.45, 7) is 3.33. The van der Waals surface area contributed by atoms with E-state index in [9.17, 15) is 14.6 Å². The Morgan fingerprint density at radius 2 is 2.04 bits per heavy atom. The lowest BCUT2D eigenvalue weighted by Gasteiger charge is -2.29. The fourth-order valence-electron chi connectivity index (χ4n) is 3.91. The maximum Gasteiger partial charge on any atom is 0.547 e. The first-order valence-corrected chi connectivity index (χ1v) is 9.51. The third-order valence-electron chi connectivity index (χ3n) is 5.49. The van der Waals surface area contributed by atoms with Crippen molar-refractivity contribution >= 4 is 18.8 Å². The number of benzene rings is 2. The van der Waals surface area contributed by atoms with Gasteiger partial charge in [0.1, 0.15) is 5.75 Å². The van der Waals surface area contributed by atoms with Gasteiger partial charge in [0.05, 0.1) is 11.5 Å². The minimum Gasteiger partial charge on any atom is -0.534 e. The molecule has 0 unspecified atom stereocenters. The fraction of sp³-hybridized carbons (Fsp3) is 0.333. The van der Waals surface area contributed by atoms with Crippen molar-refractivity contribution in [1.82, 2.24) is 10.2 Å². The van der Waals surface area contributed by atoms with Crippen molar-refractivity contribution in [3.8, 4) is 5.75 Å². The predicted octanol–water partition coefficient (Wildman–Crippen LogP) is 1.63. The standard InChI is InChI=1S/C21H23BN2O4/c1-13(25)18-5-3-4-15-11-19(22(27)28-20(15)18)23-21(26)16-6-7-17-12-24(2)9-8-14(17)10-16/h3-7,10,19,27H,8-9,11-12H2,1-2H3,(H,23,26)/t19-/m0/s1. The van der Waals surface area contributed by atoms with E-state index in [0.29, 0.717) is 23.3 Å². The van der Waals surface area contributed by atoms with Gasteiger partial charge < -0.3 is 19.9 Å². The number of amides is 1. The molecule has 0 aromatic heterocycles. The number of hydrogen-bond donors (Lipinski definition) is 2. The highest BCUT2D eigenvalue weighted by Gasteiger charge is 2.37. The molecule has 4 rings (SSSR count). The van der Waals surface area contributed by atoms with Gasteiger partial charge in [0.15, 0.2) is 5.78 Å². The van der Waals surface area contributed by atoms with E-state index in [1.165, 1.54) is 18.1 Å². The van der Waals surface area contributed by atoms with Crippen LogP contribution < -0.4 is 9.97 Å². The third-order valence-corrected chi connectivity index (χ3v) is 5.49. The summed E-state index contributed by atoms with van der Waals surface area (Å²) in [5.41, 5.74) is 4.27. The van der Waals surface area contributed by atoms with Crippen LogP contribution in [0.5, 0.6) is 5.75 Å². The first-order chi connectivity index (χ1) is 13.4. The molecule has 0 fully saturated rings. The summed E-state index contributed by atoms with van der Waals surface area (Å²) in [5.74, 6) is -0.526. The van der Waals surface area contributed by atoms with Gasteiger partial charge in [-0.15, -0.1) is 0 Å². The molecule has 6 nitrogen and oxygen atoms in total. The zero-order chi connectivity index (χ0) is 19.8. The number of nitrogens with one attached hydrogen (secondary N) is 1. The van der Waals surface area contributed by atoms with Crippen molar-refractivity contribution in [2.75, 3.05) is 13.6 Å². The summed E-state index contributed by atoms with van der Waals surface area (Å²) in [4.78, 5) is 26.8. The monoisotopic (exact) mass is 378 g/mol. The van der Waals surface area contributed by atoms with Crippen LogP contribution in [0.4, 0.5) is 0 Å². The molecule has 2 N–H and O–H groups in total. The molecule has 0 aliphatic carbocycles. The molecule has 2 aromatic carbocycles. The van der Waals surface area contributed by atoms with Gasteiger partial charge in [-0.05, 0) is 61.7 Å². The van der Waals surface area contributed by atoms with Gasteiger partial charge in [0.25, 0.3) is 5.91 Å². The Labute approximate surface area is 164 Å². The van der Waals surface area contributed by atoms with E-state index in [-0.39, 0.29) is 11.7 Å².